The smallest absolute Gasteiger partial charge is 0.251 e. The zero-order valence-electron chi connectivity index (χ0n) is 20.1. The molecule has 3 aromatic rings. The summed E-state index contributed by atoms with van der Waals surface area (Å²) in [5.41, 5.74) is 2.92. The van der Waals surface area contributed by atoms with Crippen LogP contribution in [0.2, 0.25) is 0 Å². The Morgan fingerprint density at radius 2 is 1.57 bits per heavy atom. The van der Waals surface area contributed by atoms with E-state index in [1.807, 2.05) is 72.8 Å². The SMILES string of the molecule is COc1ccc(CNC(=O)c2ccccc2C(Nc2ccccc2)C(=O)NC2CCCCC2)cc1. The Morgan fingerprint density at radius 1 is 0.886 bits per heavy atom. The van der Waals surface area contributed by atoms with Gasteiger partial charge < -0.3 is 20.7 Å². The second-order valence-corrected chi connectivity index (χ2v) is 8.90. The molecule has 3 aromatic carbocycles. The highest BCUT2D eigenvalue weighted by Crippen LogP contribution is 2.25. The highest BCUT2D eigenvalue weighted by molar-refractivity contribution is 5.98. The standard InChI is InChI=1S/C29H33N3O3/c1-35-24-18-16-21(17-19-24)20-30-28(33)26-15-9-8-14-25(26)27(31-22-10-4-2-5-11-22)29(34)32-23-12-6-3-7-13-23/h2,4-5,8-11,14-19,23,27,31H,3,6-7,12-13,20H2,1H3,(H,30,33)(H,32,34). The second kappa shape index (κ2) is 12.1. The van der Waals surface area contributed by atoms with Crippen molar-refractivity contribution in [1.29, 1.82) is 0 Å². The minimum Gasteiger partial charge on any atom is -0.497 e. The summed E-state index contributed by atoms with van der Waals surface area (Å²) in [6.45, 7) is 0.377. The minimum absolute atomic E-state index is 0.115. The molecule has 1 aliphatic rings. The average Bonchev–Trinajstić information content (AvgIpc) is 2.92. The van der Waals surface area contributed by atoms with Crippen molar-refractivity contribution in [3.8, 4) is 5.75 Å². The fourth-order valence-corrected chi connectivity index (χ4v) is 4.49. The first kappa shape index (κ1) is 24.3. The van der Waals surface area contributed by atoms with Crippen LogP contribution in [0.5, 0.6) is 5.75 Å². The number of benzene rings is 3. The zero-order chi connectivity index (χ0) is 24.5. The van der Waals surface area contributed by atoms with Gasteiger partial charge in [-0.05, 0) is 54.3 Å². The predicted octanol–water partition coefficient (Wildman–Crippen LogP) is 5.23. The number of methoxy groups -OCH3 is 1. The first-order chi connectivity index (χ1) is 17.1. The van der Waals surface area contributed by atoms with E-state index in [0.717, 1.165) is 42.7 Å². The molecule has 0 radical (unpaired) electrons. The van der Waals surface area contributed by atoms with Gasteiger partial charge >= 0.3 is 0 Å². The molecule has 0 aromatic heterocycles. The van der Waals surface area contributed by atoms with Crippen LogP contribution in [0, 0.1) is 0 Å². The summed E-state index contributed by atoms with van der Waals surface area (Å²) in [5, 5.41) is 9.58. The maximum atomic E-state index is 13.5. The van der Waals surface area contributed by atoms with Crippen molar-refractivity contribution < 1.29 is 14.3 Å². The summed E-state index contributed by atoms with van der Waals surface area (Å²) in [4.78, 5) is 26.7. The predicted molar refractivity (Wildman–Crippen MR) is 138 cm³/mol. The summed E-state index contributed by atoms with van der Waals surface area (Å²) in [6.07, 6.45) is 5.47. The number of hydrogen-bond donors (Lipinski definition) is 3. The Labute approximate surface area is 207 Å². The number of amides is 2. The van der Waals surface area contributed by atoms with Crippen LogP contribution >= 0.6 is 0 Å². The molecule has 0 bridgehead atoms. The Hall–Kier alpha value is -3.80. The van der Waals surface area contributed by atoms with Crippen LogP contribution in [0.4, 0.5) is 5.69 Å². The van der Waals surface area contributed by atoms with Gasteiger partial charge in [0.1, 0.15) is 11.8 Å². The number of hydrogen-bond acceptors (Lipinski definition) is 4. The van der Waals surface area contributed by atoms with E-state index in [4.69, 9.17) is 4.74 Å². The van der Waals surface area contributed by atoms with Gasteiger partial charge in [-0.1, -0.05) is 67.8 Å². The first-order valence-electron chi connectivity index (χ1n) is 12.3. The van der Waals surface area contributed by atoms with E-state index in [2.05, 4.69) is 16.0 Å². The van der Waals surface area contributed by atoms with Crippen molar-refractivity contribution in [2.45, 2.75) is 50.7 Å². The molecule has 35 heavy (non-hydrogen) atoms. The number of ether oxygens (including phenoxy) is 1. The summed E-state index contributed by atoms with van der Waals surface area (Å²) >= 11 is 0. The average molecular weight is 472 g/mol. The second-order valence-electron chi connectivity index (χ2n) is 8.90. The van der Waals surface area contributed by atoms with E-state index in [1.165, 1.54) is 6.42 Å². The van der Waals surface area contributed by atoms with Gasteiger partial charge in [0.2, 0.25) is 5.91 Å². The third-order valence-corrected chi connectivity index (χ3v) is 6.43. The van der Waals surface area contributed by atoms with Gasteiger partial charge in [0.15, 0.2) is 0 Å². The lowest BCUT2D eigenvalue weighted by Gasteiger charge is -2.27. The van der Waals surface area contributed by atoms with Crippen LogP contribution < -0.4 is 20.7 Å². The molecule has 4 rings (SSSR count). The number of carbonyl (C=O) groups is 2. The molecule has 0 heterocycles. The molecule has 1 saturated carbocycles. The number of para-hydroxylation sites is 1. The molecule has 6 nitrogen and oxygen atoms in total. The molecule has 3 N–H and O–H groups in total. The molecule has 1 unspecified atom stereocenters. The van der Waals surface area contributed by atoms with Crippen LogP contribution in [0.15, 0.2) is 78.9 Å². The molecule has 0 aliphatic heterocycles. The number of carbonyl (C=O) groups excluding carboxylic acids is 2. The molecule has 182 valence electrons. The third-order valence-electron chi connectivity index (χ3n) is 6.43. The molecule has 0 spiro atoms. The van der Waals surface area contributed by atoms with Crippen LogP contribution in [-0.2, 0) is 11.3 Å². The Bertz CT molecular complexity index is 1110. The maximum Gasteiger partial charge on any atom is 0.251 e. The van der Waals surface area contributed by atoms with Gasteiger partial charge in [-0.3, -0.25) is 9.59 Å². The van der Waals surface area contributed by atoms with Gasteiger partial charge in [-0.2, -0.15) is 0 Å². The van der Waals surface area contributed by atoms with Gasteiger partial charge in [-0.15, -0.1) is 0 Å². The molecule has 0 saturated heterocycles. The number of nitrogens with one attached hydrogen (secondary N) is 3. The summed E-state index contributed by atoms with van der Waals surface area (Å²) < 4.78 is 5.20. The van der Waals surface area contributed by atoms with Gasteiger partial charge in [0, 0.05) is 23.8 Å². The third kappa shape index (κ3) is 6.63. The highest BCUT2D eigenvalue weighted by atomic mass is 16.5. The monoisotopic (exact) mass is 471 g/mol. The molecule has 1 atom stereocenters. The lowest BCUT2D eigenvalue weighted by molar-refractivity contribution is -0.122. The number of rotatable bonds is 9. The number of anilines is 1. The van der Waals surface area contributed by atoms with Crippen LogP contribution in [0.3, 0.4) is 0 Å². The van der Waals surface area contributed by atoms with E-state index < -0.39 is 6.04 Å². The van der Waals surface area contributed by atoms with Crippen molar-refractivity contribution in [3.05, 3.63) is 95.6 Å². The Balaban J connectivity index is 1.55. The Kier molecular flexibility index (Phi) is 8.39. The van der Waals surface area contributed by atoms with Crippen molar-refractivity contribution in [1.82, 2.24) is 10.6 Å². The van der Waals surface area contributed by atoms with E-state index in [-0.39, 0.29) is 17.9 Å². The van der Waals surface area contributed by atoms with E-state index >= 15 is 0 Å². The van der Waals surface area contributed by atoms with Crippen molar-refractivity contribution in [3.63, 3.8) is 0 Å². The van der Waals surface area contributed by atoms with Gasteiger partial charge in [0.05, 0.1) is 7.11 Å². The quantitative estimate of drug-likeness (QED) is 0.399. The molecule has 1 fully saturated rings. The van der Waals surface area contributed by atoms with E-state index in [9.17, 15) is 9.59 Å². The van der Waals surface area contributed by atoms with Gasteiger partial charge in [0.25, 0.3) is 5.91 Å². The van der Waals surface area contributed by atoms with E-state index in [1.54, 1.807) is 13.2 Å². The first-order valence-corrected chi connectivity index (χ1v) is 12.3. The zero-order valence-corrected chi connectivity index (χ0v) is 20.1. The van der Waals surface area contributed by atoms with E-state index in [0.29, 0.717) is 17.7 Å². The maximum absolute atomic E-state index is 13.5. The topological polar surface area (TPSA) is 79.5 Å². The largest absolute Gasteiger partial charge is 0.497 e. The molecular formula is C29H33N3O3. The van der Waals surface area contributed by atoms with Crippen molar-refractivity contribution in [2.75, 3.05) is 12.4 Å². The lowest BCUT2D eigenvalue weighted by atomic mass is 9.94. The summed E-state index contributed by atoms with van der Waals surface area (Å²) in [7, 11) is 1.62. The molecular weight excluding hydrogens is 438 g/mol. The van der Waals surface area contributed by atoms with Crippen LogP contribution in [-0.4, -0.2) is 25.0 Å². The summed E-state index contributed by atoms with van der Waals surface area (Å²) in [5.74, 6) is 0.433. The molecule has 2 amide bonds. The highest BCUT2D eigenvalue weighted by Gasteiger charge is 2.27. The van der Waals surface area contributed by atoms with Crippen molar-refractivity contribution in [2.24, 2.45) is 0 Å². The van der Waals surface area contributed by atoms with Gasteiger partial charge in [-0.25, -0.2) is 0 Å². The van der Waals surface area contributed by atoms with Crippen molar-refractivity contribution >= 4 is 17.5 Å². The van der Waals surface area contributed by atoms with Crippen LogP contribution in [0.25, 0.3) is 0 Å². The normalized spacial score (nSPS) is 14.5. The van der Waals surface area contributed by atoms with Crippen LogP contribution in [0.1, 0.15) is 59.6 Å². The summed E-state index contributed by atoms with van der Waals surface area (Å²) in [6, 6.07) is 24.0. The lowest BCUT2D eigenvalue weighted by Crippen LogP contribution is -2.42. The fourth-order valence-electron chi connectivity index (χ4n) is 4.49. The fraction of sp³-hybridized carbons (Fsp3) is 0.310. The Morgan fingerprint density at radius 3 is 2.29 bits per heavy atom. The minimum atomic E-state index is -0.692. The molecule has 6 heteroatoms. The molecule has 1 aliphatic carbocycles.